The predicted molar refractivity (Wildman–Crippen MR) is 123 cm³/mol. The normalized spacial score (nSPS) is 20.8. The lowest BCUT2D eigenvalue weighted by Crippen LogP contribution is -2.47. The third kappa shape index (κ3) is 4.41. The summed E-state index contributed by atoms with van der Waals surface area (Å²) >= 11 is 0. The number of hydrogen-bond acceptors (Lipinski definition) is 5. The molecular weight excluding hydrogens is 464 g/mol. The Bertz CT molecular complexity index is 1240. The lowest BCUT2D eigenvalue weighted by molar-refractivity contribution is -0.122. The Labute approximate surface area is 196 Å². The van der Waals surface area contributed by atoms with Crippen LogP contribution in [-0.4, -0.2) is 37.9 Å². The van der Waals surface area contributed by atoms with E-state index < -0.39 is 27.0 Å². The summed E-state index contributed by atoms with van der Waals surface area (Å²) in [5.74, 6) is 0.193. The molecule has 1 amide bonds. The standard InChI is InChI=1S/C24H25NO4S.CF2O/c1-23(15-30(28,29)16-23)14-21(26)17-9-10-20-19(13-17)24(11-5-6-12-24)22(27)25(20)18-7-3-2-4-8-18;2-1(3)4/h2-4,7-10,13H,5-6,11-12,14-16H2,1H3;. The van der Waals surface area contributed by atoms with E-state index in [9.17, 15) is 26.8 Å². The van der Waals surface area contributed by atoms with Gasteiger partial charge in [0, 0.05) is 23.1 Å². The lowest BCUT2D eigenvalue weighted by atomic mass is 9.78. The number of nitrogens with zero attached hydrogens (tertiary/aromatic N) is 1. The Balaban J connectivity index is 0.000000636. The summed E-state index contributed by atoms with van der Waals surface area (Å²) < 4.78 is 42.6. The molecule has 0 unspecified atom stereocenters. The molecule has 2 heterocycles. The topological polar surface area (TPSA) is 88.6 Å². The number of rotatable bonds is 4. The van der Waals surface area contributed by atoms with Crippen LogP contribution in [0.15, 0.2) is 48.5 Å². The third-order valence-electron chi connectivity index (χ3n) is 6.88. The molecule has 180 valence electrons. The van der Waals surface area contributed by atoms with Crippen molar-refractivity contribution < 1.29 is 31.6 Å². The van der Waals surface area contributed by atoms with Crippen molar-refractivity contribution in [2.75, 3.05) is 16.4 Å². The van der Waals surface area contributed by atoms with Crippen LogP contribution in [0.3, 0.4) is 0 Å². The molecule has 0 atom stereocenters. The van der Waals surface area contributed by atoms with E-state index in [1.54, 1.807) is 11.0 Å². The second kappa shape index (κ2) is 8.69. The highest BCUT2D eigenvalue weighted by Gasteiger charge is 2.53. The number of halogens is 2. The molecule has 0 bridgehead atoms. The minimum Gasteiger partial charge on any atom is -0.294 e. The second-order valence-electron chi connectivity index (χ2n) is 9.67. The van der Waals surface area contributed by atoms with Gasteiger partial charge in [-0.2, -0.15) is 0 Å². The summed E-state index contributed by atoms with van der Waals surface area (Å²) in [6.45, 7) is 1.86. The summed E-state index contributed by atoms with van der Waals surface area (Å²) in [4.78, 5) is 36.5. The number of Topliss-reactive ketones (excluding diaryl/α,β-unsaturated/α-hetero) is 1. The zero-order chi connectivity index (χ0) is 24.7. The first-order valence-corrected chi connectivity index (χ1v) is 12.9. The van der Waals surface area contributed by atoms with Gasteiger partial charge in [0.25, 0.3) is 0 Å². The van der Waals surface area contributed by atoms with Gasteiger partial charge in [0.15, 0.2) is 15.6 Å². The van der Waals surface area contributed by atoms with Gasteiger partial charge in [-0.05, 0) is 48.7 Å². The number of sulfone groups is 1. The molecule has 9 heteroatoms. The van der Waals surface area contributed by atoms with Gasteiger partial charge >= 0.3 is 6.29 Å². The van der Waals surface area contributed by atoms with Crippen molar-refractivity contribution in [2.24, 2.45) is 5.41 Å². The highest BCUT2D eigenvalue weighted by Crippen LogP contribution is 2.53. The number of fused-ring (bicyclic) bond motifs is 2. The summed E-state index contributed by atoms with van der Waals surface area (Å²) in [5.41, 5.74) is 2.21. The highest BCUT2D eigenvalue weighted by molar-refractivity contribution is 7.92. The maximum Gasteiger partial charge on any atom is 0.483 e. The molecule has 1 spiro atoms. The smallest absolute Gasteiger partial charge is 0.294 e. The van der Waals surface area contributed by atoms with Crippen LogP contribution in [0, 0.1) is 5.41 Å². The molecule has 2 aromatic carbocycles. The van der Waals surface area contributed by atoms with E-state index in [1.807, 2.05) is 49.4 Å². The molecule has 0 N–H and O–H groups in total. The number of carbonyl (C=O) groups is 3. The van der Waals surface area contributed by atoms with E-state index in [-0.39, 0.29) is 29.6 Å². The second-order valence-corrected chi connectivity index (χ2v) is 11.7. The van der Waals surface area contributed by atoms with Crippen molar-refractivity contribution in [1.82, 2.24) is 0 Å². The van der Waals surface area contributed by atoms with Crippen LogP contribution >= 0.6 is 0 Å². The van der Waals surface area contributed by atoms with Gasteiger partial charge < -0.3 is 0 Å². The molecule has 5 rings (SSSR count). The van der Waals surface area contributed by atoms with Crippen molar-refractivity contribution in [2.45, 2.75) is 44.4 Å². The first kappa shape index (κ1) is 24.2. The van der Waals surface area contributed by atoms with Gasteiger partial charge in [0.05, 0.1) is 22.6 Å². The van der Waals surface area contributed by atoms with Gasteiger partial charge in [-0.15, -0.1) is 8.78 Å². The van der Waals surface area contributed by atoms with Crippen molar-refractivity contribution in [3.8, 4) is 0 Å². The molecule has 3 aliphatic rings. The van der Waals surface area contributed by atoms with E-state index >= 15 is 0 Å². The largest absolute Gasteiger partial charge is 0.483 e. The molecule has 1 aliphatic carbocycles. The van der Waals surface area contributed by atoms with E-state index in [0.717, 1.165) is 42.6 Å². The molecule has 1 saturated carbocycles. The van der Waals surface area contributed by atoms with Crippen molar-refractivity contribution in [1.29, 1.82) is 0 Å². The molecule has 1 saturated heterocycles. The third-order valence-corrected chi connectivity index (χ3v) is 9.16. The summed E-state index contributed by atoms with van der Waals surface area (Å²) in [5, 5.41) is 0. The van der Waals surface area contributed by atoms with Crippen LogP contribution in [0.2, 0.25) is 0 Å². The predicted octanol–water partition coefficient (Wildman–Crippen LogP) is 5.23. The Morgan fingerprint density at radius 2 is 1.59 bits per heavy atom. The molecule has 0 radical (unpaired) electrons. The van der Waals surface area contributed by atoms with Gasteiger partial charge in [-0.25, -0.2) is 13.2 Å². The molecule has 0 aromatic heterocycles. The number of benzene rings is 2. The first-order valence-electron chi connectivity index (χ1n) is 11.1. The van der Waals surface area contributed by atoms with Crippen LogP contribution in [0.1, 0.15) is 54.9 Å². The Kier molecular flexibility index (Phi) is 6.18. The van der Waals surface area contributed by atoms with Crippen LogP contribution < -0.4 is 4.90 Å². The lowest BCUT2D eigenvalue weighted by Gasteiger charge is -2.37. The zero-order valence-corrected chi connectivity index (χ0v) is 19.5. The molecule has 34 heavy (non-hydrogen) atoms. The average Bonchev–Trinajstić information content (AvgIpc) is 3.31. The SMILES string of the molecule is CC1(CC(=O)c2ccc3c(c2)C2(CCCC2)C(=O)N3c2ccccc2)CS(=O)(=O)C1.O=C(F)F. The van der Waals surface area contributed by atoms with E-state index in [0.29, 0.717) is 5.56 Å². The van der Waals surface area contributed by atoms with Gasteiger partial charge in [0.2, 0.25) is 5.91 Å². The number of hydrogen-bond donors (Lipinski definition) is 0. The fourth-order valence-electron chi connectivity index (χ4n) is 5.63. The van der Waals surface area contributed by atoms with E-state index in [1.165, 1.54) is 0 Å². The fraction of sp³-hybridized carbons (Fsp3) is 0.400. The molecular formula is C25H25F2NO5S. The van der Waals surface area contributed by atoms with Crippen LogP contribution in [0.5, 0.6) is 0 Å². The quantitative estimate of drug-likeness (QED) is 0.433. The maximum atomic E-state index is 13.6. The minimum absolute atomic E-state index is 0.0473. The van der Waals surface area contributed by atoms with E-state index in [4.69, 9.17) is 4.79 Å². The highest BCUT2D eigenvalue weighted by atomic mass is 32.2. The number of carbonyl (C=O) groups excluding carboxylic acids is 3. The van der Waals surface area contributed by atoms with Crippen LogP contribution in [0.4, 0.5) is 25.0 Å². The van der Waals surface area contributed by atoms with Crippen LogP contribution in [-0.2, 0) is 20.0 Å². The van der Waals surface area contributed by atoms with Crippen molar-refractivity contribution >= 4 is 39.2 Å². The summed E-state index contributed by atoms with van der Waals surface area (Å²) in [6.07, 6.45) is 0.990. The maximum absolute atomic E-state index is 13.6. The Morgan fingerprint density at radius 1 is 1.00 bits per heavy atom. The first-order chi connectivity index (χ1) is 16.0. The minimum atomic E-state index is -2.99. The number of amides is 1. The fourth-order valence-corrected chi connectivity index (χ4v) is 7.88. The van der Waals surface area contributed by atoms with E-state index in [2.05, 4.69) is 0 Å². The Hall–Kier alpha value is -2.94. The van der Waals surface area contributed by atoms with Crippen molar-refractivity contribution in [3.05, 3.63) is 59.7 Å². The summed E-state index contributed by atoms with van der Waals surface area (Å²) in [7, 11) is -2.99. The average molecular weight is 490 g/mol. The summed E-state index contributed by atoms with van der Waals surface area (Å²) in [6, 6.07) is 15.2. The molecule has 2 fully saturated rings. The van der Waals surface area contributed by atoms with Crippen LogP contribution in [0.25, 0.3) is 0 Å². The number of anilines is 2. The molecule has 2 aliphatic heterocycles. The van der Waals surface area contributed by atoms with Crippen molar-refractivity contribution in [3.63, 3.8) is 0 Å². The number of ketones is 1. The number of para-hydroxylation sites is 1. The monoisotopic (exact) mass is 489 g/mol. The zero-order valence-electron chi connectivity index (χ0n) is 18.7. The molecule has 2 aromatic rings. The molecule has 6 nitrogen and oxygen atoms in total. The van der Waals surface area contributed by atoms with Gasteiger partial charge in [0.1, 0.15) is 0 Å². The van der Waals surface area contributed by atoms with Gasteiger partial charge in [-0.1, -0.05) is 38.0 Å². The Morgan fingerprint density at radius 3 is 2.15 bits per heavy atom. The van der Waals surface area contributed by atoms with Gasteiger partial charge in [-0.3, -0.25) is 14.5 Å².